The maximum absolute atomic E-state index is 13.2. The fourth-order valence-electron chi connectivity index (χ4n) is 4.59. The molecule has 0 aromatic heterocycles. The molecular weight excluding hydrogens is 474 g/mol. The Morgan fingerprint density at radius 3 is 2.80 bits per heavy atom. The summed E-state index contributed by atoms with van der Waals surface area (Å²) in [5.41, 5.74) is 1.38. The second-order valence-corrected chi connectivity index (χ2v) is 9.35. The molecule has 0 bridgehead atoms. The number of methoxy groups -OCH3 is 1. The summed E-state index contributed by atoms with van der Waals surface area (Å²) in [6, 6.07) is 6.01. The van der Waals surface area contributed by atoms with Crippen molar-refractivity contribution < 1.29 is 28.8 Å². The molecule has 1 saturated heterocycles. The van der Waals surface area contributed by atoms with E-state index < -0.39 is 28.7 Å². The maximum Gasteiger partial charge on any atom is 0.336 e. The van der Waals surface area contributed by atoms with Crippen LogP contribution in [0.4, 0.5) is 5.69 Å². The van der Waals surface area contributed by atoms with Crippen LogP contribution in [0.2, 0.25) is 0 Å². The SMILES string of the molecule is CCOC(=O)C1=C(CSCC2CCCN2C=O)N=C(C)C(C(=O)OC)C1c1cccc([N+](=O)[O-])c1. The number of nitrogens with zero attached hydrogens (tertiary/aromatic N) is 3. The molecule has 3 unspecified atom stereocenters. The van der Waals surface area contributed by atoms with Crippen LogP contribution in [-0.4, -0.2) is 71.7 Å². The summed E-state index contributed by atoms with van der Waals surface area (Å²) in [7, 11) is 1.25. The van der Waals surface area contributed by atoms with Crippen molar-refractivity contribution in [3.63, 3.8) is 0 Å². The number of amides is 1. The summed E-state index contributed by atoms with van der Waals surface area (Å²) < 4.78 is 10.3. The van der Waals surface area contributed by atoms with Gasteiger partial charge in [0.1, 0.15) is 5.92 Å². The summed E-state index contributed by atoms with van der Waals surface area (Å²) in [5, 5.41) is 11.4. The first-order valence-electron chi connectivity index (χ1n) is 11.4. The molecule has 10 nitrogen and oxygen atoms in total. The van der Waals surface area contributed by atoms with Gasteiger partial charge in [0.25, 0.3) is 5.69 Å². The van der Waals surface area contributed by atoms with Gasteiger partial charge in [0.2, 0.25) is 6.41 Å². The van der Waals surface area contributed by atoms with E-state index in [0.29, 0.717) is 28.5 Å². The van der Waals surface area contributed by atoms with E-state index in [-0.39, 0.29) is 23.9 Å². The number of carbonyl (C=O) groups is 3. The monoisotopic (exact) mass is 503 g/mol. The number of nitro groups is 1. The van der Waals surface area contributed by atoms with Gasteiger partial charge < -0.3 is 14.4 Å². The summed E-state index contributed by atoms with van der Waals surface area (Å²) in [6.07, 6.45) is 2.73. The van der Waals surface area contributed by atoms with Gasteiger partial charge in [-0.15, -0.1) is 0 Å². The Kier molecular flexibility index (Phi) is 9.02. The maximum atomic E-state index is 13.2. The molecule has 2 aliphatic heterocycles. The molecule has 0 saturated carbocycles. The highest BCUT2D eigenvalue weighted by atomic mass is 32.2. The molecule has 3 rings (SSSR count). The highest BCUT2D eigenvalue weighted by Crippen LogP contribution is 2.42. The molecule has 1 aromatic rings. The number of non-ortho nitro benzene ring substituents is 1. The van der Waals surface area contributed by atoms with Crippen LogP contribution in [0.25, 0.3) is 0 Å². The Hall–Kier alpha value is -3.21. The van der Waals surface area contributed by atoms with Gasteiger partial charge in [-0.2, -0.15) is 11.8 Å². The van der Waals surface area contributed by atoms with Gasteiger partial charge in [-0.1, -0.05) is 12.1 Å². The Morgan fingerprint density at radius 1 is 1.37 bits per heavy atom. The van der Waals surface area contributed by atoms with Crippen LogP contribution >= 0.6 is 11.8 Å². The topological polar surface area (TPSA) is 128 Å². The number of carbonyl (C=O) groups excluding carboxylic acids is 3. The quantitative estimate of drug-likeness (QED) is 0.206. The van der Waals surface area contributed by atoms with Crippen molar-refractivity contribution in [3.05, 3.63) is 51.2 Å². The fourth-order valence-corrected chi connectivity index (χ4v) is 5.75. The molecule has 188 valence electrons. The van der Waals surface area contributed by atoms with Gasteiger partial charge in [0.15, 0.2) is 0 Å². The molecule has 11 heteroatoms. The Balaban J connectivity index is 2.04. The number of ether oxygens (including phenoxy) is 2. The first-order chi connectivity index (χ1) is 16.8. The molecule has 0 spiro atoms. The predicted molar refractivity (Wildman–Crippen MR) is 131 cm³/mol. The van der Waals surface area contributed by atoms with E-state index in [9.17, 15) is 24.5 Å². The predicted octanol–water partition coefficient (Wildman–Crippen LogP) is 3.11. The number of aliphatic imine (C=N–C) groups is 1. The van der Waals surface area contributed by atoms with Gasteiger partial charge >= 0.3 is 11.9 Å². The summed E-state index contributed by atoms with van der Waals surface area (Å²) in [6.45, 7) is 4.22. The lowest BCUT2D eigenvalue weighted by Gasteiger charge is -2.32. The van der Waals surface area contributed by atoms with Gasteiger partial charge in [0, 0.05) is 47.9 Å². The van der Waals surface area contributed by atoms with Gasteiger partial charge in [-0.25, -0.2) is 4.79 Å². The van der Waals surface area contributed by atoms with E-state index in [1.165, 1.54) is 25.3 Å². The zero-order chi connectivity index (χ0) is 25.5. The third kappa shape index (κ3) is 5.90. The Bertz CT molecular complexity index is 1060. The summed E-state index contributed by atoms with van der Waals surface area (Å²) >= 11 is 1.54. The molecule has 0 radical (unpaired) electrons. The van der Waals surface area contributed by atoms with Crippen molar-refractivity contribution in [2.45, 2.75) is 38.6 Å². The number of nitro benzene ring substituents is 1. The standard InChI is InChI=1S/C24H29N3O7S/c1-4-34-24(30)22-19(13-35-12-18-9-6-10-26(18)14-28)25-15(2)20(23(29)33-3)21(22)16-7-5-8-17(11-16)27(31)32/h5,7-8,11,14,18,20-21H,4,6,9-10,12-13H2,1-3H3. The second-order valence-electron chi connectivity index (χ2n) is 8.32. The van der Waals surface area contributed by atoms with Crippen molar-refractivity contribution >= 4 is 41.5 Å². The van der Waals surface area contributed by atoms with Crippen LogP contribution in [0, 0.1) is 16.0 Å². The van der Waals surface area contributed by atoms with E-state index in [4.69, 9.17) is 9.47 Å². The molecular formula is C24H29N3O7S. The van der Waals surface area contributed by atoms with Gasteiger partial charge in [0.05, 0.1) is 29.9 Å². The van der Waals surface area contributed by atoms with Crippen LogP contribution < -0.4 is 0 Å². The number of esters is 2. The Labute approximate surface area is 207 Å². The minimum absolute atomic E-state index is 0.117. The van der Waals surface area contributed by atoms with E-state index in [1.54, 1.807) is 36.6 Å². The normalized spacial score (nSPS) is 22.0. The van der Waals surface area contributed by atoms with Gasteiger partial charge in [-0.05, 0) is 32.3 Å². The minimum Gasteiger partial charge on any atom is -0.468 e. The third-order valence-electron chi connectivity index (χ3n) is 6.21. The van der Waals surface area contributed by atoms with Crippen molar-refractivity contribution in [2.24, 2.45) is 10.9 Å². The van der Waals surface area contributed by atoms with E-state index in [0.717, 1.165) is 25.8 Å². The van der Waals surface area contributed by atoms with Crippen LogP contribution in [0.15, 0.2) is 40.5 Å². The summed E-state index contributed by atoms with van der Waals surface area (Å²) in [5.74, 6) is -1.98. The number of thioether (sulfide) groups is 1. The zero-order valence-electron chi connectivity index (χ0n) is 20.0. The first-order valence-corrected chi connectivity index (χ1v) is 12.5. The molecule has 1 fully saturated rings. The molecule has 0 aliphatic carbocycles. The van der Waals surface area contributed by atoms with Crippen LogP contribution in [-0.2, 0) is 23.9 Å². The third-order valence-corrected chi connectivity index (χ3v) is 7.31. The first kappa shape index (κ1) is 26.4. The van der Waals surface area contributed by atoms with E-state index >= 15 is 0 Å². The fraction of sp³-hybridized carbons (Fsp3) is 0.500. The van der Waals surface area contributed by atoms with Crippen molar-refractivity contribution in [2.75, 3.05) is 31.8 Å². The molecule has 2 heterocycles. The lowest BCUT2D eigenvalue weighted by atomic mass is 9.75. The number of rotatable bonds is 10. The summed E-state index contributed by atoms with van der Waals surface area (Å²) in [4.78, 5) is 54.6. The number of hydrogen-bond acceptors (Lipinski definition) is 9. The van der Waals surface area contributed by atoms with Gasteiger partial charge in [-0.3, -0.25) is 24.7 Å². The number of likely N-dealkylation sites (tertiary alicyclic amines) is 1. The van der Waals surface area contributed by atoms with Crippen molar-refractivity contribution in [3.8, 4) is 0 Å². The highest BCUT2D eigenvalue weighted by molar-refractivity contribution is 7.99. The van der Waals surface area contributed by atoms with Crippen LogP contribution in [0.5, 0.6) is 0 Å². The van der Waals surface area contributed by atoms with Crippen molar-refractivity contribution in [1.82, 2.24) is 4.90 Å². The average Bonchev–Trinajstić information content (AvgIpc) is 3.30. The molecule has 3 atom stereocenters. The molecule has 1 amide bonds. The largest absolute Gasteiger partial charge is 0.468 e. The molecule has 1 aromatic carbocycles. The lowest BCUT2D eigenvalue weighted by molar-refractivity contribution is -0.384. The highest BCUT2D eigenvalue weighted by Gasteiger charge is 2.43. The zero-order valence-corrected chi connectivity index (χ0v) is 20.8. The van der Waals surface area contributed by atoms with Crippen molar-refractivity contribution in [1.29, 1.82) is 0 Å². The minimum atomic E-state index is -0.935. The molecule has 35 heavy (non-hydrogen) atoms. The molecule has 0 N–H and O–H groups in total. The number of benzene rings is 1. The second kappa shape index (κ2) is 12.0. The van der Waals surface area contributed by atoms with E-state index in [1.807, 2.05) is 0 Å². The Morgan fingerprint density at radius 2 is 2.14 bits per heavy atom. The molecule has 2 aliphatic rings. The van der Waals surface area contributed by atoms with E-state index in [2.05, 4.69) is 4.99 Å². The lowest BCUT2D eigenvalue weighted by Crippen LogP contribution is -2.37. The average molecular weight is 504 g/mol. The van der Waals surface area contributed by atoms with Crippen LogP contribution in [0.1, 0.15) is 38.2 Å². The smallest absolute Gasteiger partial charge is 0.336 e. The van der Waals surface area contributed by atoms with Crippen LogP contribution in [0.3, 0.4) is 0 Å². The number of hydrogen-bond donors (Lipinski definition) is 0.